The van der Waals surface area contributed by atoms with Crippen LogP contribution in [0.15, 0.2) is 30.6 Å². The molecule has 1 fully saturated rings. The third kappa shape index (κ3) is 4.50. The van der Waals surface area contributed by atoms with Gasteiger partial charge < -0.3 is 15.0 Å². The van der Waals surface area contributed by atoms with E-state index < -0.39 is 0 Å². The van der Waals surface area contributed by atoms with E-state index in [-0.39, 0.29) is 5.91 Å². The second kappa shape index (κ2) is 8.65. The molecule has 0 bridgehead atoms. The van der Waals surface area contributed by atoms with Crippen molar-refractivity contribution in [1.29, 1.82) is 0 Å². The Hall–Kier alpha value is -2.63. The number of carbonyl (C=O) groups excluding carboxylic acids is 1. The number of nitrogens with zero attached hydrogens (tertiary/aromatic N) is 3. The molecule has 0 aliphatic carbocycles. The first-order valence-electron chi connectivity index (χ1n) is 9.29. The molecule has 0 radical (unpaired) electrons. The van der Waals surface area contributed by atoms with E-state index in [1.165, 1.54) is 12.8 Å². The molecule has 1 saturated heterocycles. The third-order valence-electron chi connectivity index (χ3n) is 4.47. The monoisotopic (exact) mass is 354 g/mol. The molecule has 2 aromatic heterocycles. The fourth-order valence-electron chi connectivity index (χ4n) is 3.06. The van der Waals surface area contributed by atoms with Crippen LogP contribution in [0.4, 0.5) is 11.5 Å². The van der Waals surface area contributed by atoms with Crippen LogP contribution in [0.25, 0.3) is 0 Å². The highest BCUT2D eigenvalue weighted by Gasteiger charge is 2.19. The van der Waals surface area contributed by atoms with Crippen LogP contribution in [0.5, 0.6) is 5.75 Å². The number of rotatable bonds is 5. The van der Waals surface area contributed by atoms with E-state index >= 15 is 0 Å². The first-order valence-corrected chi connectivity index (χ1v) is 9.29. The summed E-state index contributed by atoms with van der Waals surface area (Å²) in [5, 5.41) is 3.22. The van der Waals surface area contributed by atoms with E-state index in [1.54, 1.807) is 18.5 Å². The maximum absolute atomic E-state index is 12.8. The van der Waals surface area contributed by atoms with Gasteiger partial charge in [0.2, 0.25) is 0 Å². The smallest absolute Gasteiger partial charge is 0.255 e. The standard InChI is InChI=1S/C20H26N4O2/c1-3-26-18-12-16(20(25)24-10-6-4-5-7-11-24)13-22-19(18)23-17-9-8-15(2)21-14-17/h8-9,12-14H,3-7,10-11H2,1-2H3,(H,22,23). The largest absolute Gasteiger partial charge is 0.490 e. The maximum Gasteiger partial charge on any atom is 0.255 e. The number of aryl methyl sites for hydroxylation is 1. The van der Waals surface area contributed by atoms with Gasteiger partial charge in [-0.3, -0.25) is 9.78 Å². The molecule has 0 unspecified atom stereocenters. The average Bonchev–Trinajstić information content (AvgIpc) is 2.94. The van der Waals surface area contributed by atoms with Gasteiger partial charge in [0.15, 0.2) is 11.6 Å². The van der Waals surface area contributed by atoms with Crippen molar-refractivity contribution in [2.75, 3.05) is 25.0 Å². The molecule has 2 aromatic rings. The van der Waals surface area contributed by atoms with Crippen LogP contribution in [0.1, 0.15) is 48.7 Å². The minimum atomic E-state index is 0.0314. The molecule has 1 amide bonds. The van der Waals surface area contributed by atoms with E-state index in [2.05, 4.69) is 15.3 Å². The highest BCUT2D eigenvalue weighted by atomic mass is 16.5. The van der Waals surface area contributed by atoms with Crippen molar-refractivity contribution in [2.24, 2.45) is 0 Å². The topological polar surface area (TPSA) is 67.3 Å². The highest BCUT2D eigenvalue weighted by molar-refractivity contribution is 5.94. The van der Waals surface area contributed by atoms with Crippen molar-refractivity contribution >= 4 is 17.4 Å². The summed E-state index contributed by atoms with van der Waals surface area (Å²) in [5.74, 6) is 1.20. The van der Waals surface area contributed by atoms with Crippen molar-refractivity contribution < 1.29 is 9.53 Å². The summed E-state index contributed by atoms with van der Waals surface area (Å²) in [4.78, 5) is 23.5. The van der Waals surface area contributed by atoms with Crippen LogP contribution < -0.4 is 10.1 Å². The summed E-state index contributed by atoms with van der Waals surface area (Å²) in [6, 6.07) is 5.66. The summed E-state index contributed by atoms with van der Waals surface area (Å²) in [6.45, 7) is 6.00. The molecule has 0 aromatic carbocycles. The summed E-state index contributed by atoms with van der Waals surface area (Å²) in [5.41, 5.74) is 2.35. The van der Waals surface area contributed by atoms with Gasteiger partial charge in [0.25, 0.3) is 5.91 Å². The molecule has 138 valence electrons. The molecule has 3 heterocycles. The molecule has 6 heteroatoms. The Balaban J connectivity index is 1.81. The number of likely N-dealkylation sites (tertiary alicyclic amines) is 1. The number of aromatic nitrogens is 2. The van der Waals surface area contributed by atoms with Crippen molar-refractivity contribution in [1.82, 2.24) is 14.9 Å². The number of amides is 1. The molecule has 6 nitrogen and oxygen atoms in total. The van der Waals surface area contributed by atoms with Crippen LogP contribution >= 0.6 is 0 Å². The minimum Gasteiger partial charge on any atom is -0.490 e. The normalized spacial score (nSPS) is 14.6. The minimum absolute atomic E-state index is 0.0314. The fourth-order valence-corrected chi connectivity index (χ4v) is 3.06. The average molecular weight is 354 g/mol. The number of hydrogen-bond donors (Lipinski definition) is 1. The molecular weight excluding hydrogens is 328 g/mol. The number of carbonyl (C=O) groups is 1. The zero-order valence-corrected chi connectivity index (χ0v) is 15.5. The molecule has 1 aliphatic rings. The van der Waals surface area contributed by atoms with Gasteiger partial charge in [-0.25, -0.2) is 4.98 Å². The molecule has 26 heavy (non-hydrogen) atoms. The predicted octanol–water partition coefficient (Wildman–Crippen LogP) is 3.94. The molecule has 3 rings (SSSR count). The van der Waals surface area contributed by atoms with Crippen LogP contribution in [0, 0.1) is 6.92 Å². The van der Waals surface area contributed by atoms with Crippen LogP contribution in [0.2, 0.25) is 0 Å². The molecular formula is C20H26N4O2. The van der Waals surface area contributed by atoms with Crippen molar-refractivity contribution in [2.45, 2.75) is 39.5 Å². The predicted molar refractivity (Wildman–Crippen MR) is 102 cm³/mol. The second-order valence-corrected chi connectivity index (χ2v) is 6.52. The van der Waals surface area contributed by atoms with Crippen LogP contribution in [-0.2, 0) is 0 Å². The van der Waals surface area contributed by atoms with Gasteiger partial charge in [-0.1, -0.05) is 12.8 Å². The van der Waals surface area contributed by atoms with E-state index in [9.17, 15) is 4.79 Å². The lowest BCUT2D eigenvalue weighted by Crippen LogP contribution is -2.31. The second-order valence-electron chi connectivity index (χ2n) is 6.52. The lowest BCUT2D eigenvalue weighted by Gasteiger charge is -2.21. The first-order chi connectivity index (χ1) is 12.7. The summed E-state index contributed by atoms with van der Waals surface area (Å²) in [7, 11) is 0. The highest BCUT2D eigenvalue weighted by Crippen LogP contribution is 2.27. The van der Waals surface area contributed by atoms with E-state index in [1.807, 2.05) is 30.9 Å². The Kier molecular flexibility index (Phi) is 6.04. The van der Waals surface area contributed by atoms with Gasteiger partial charge in [0.1, 0.15) is 0 Å². The van der Waals surface area contributed by atoms with Crippen molar-refractivity contribution in [3.05, 3.63) is 41.9 Å². The lowest BCUT2D eigenvalue weighted by molar-refractivity contribution is 0.0761. The van der Waals surface area contributed by atoms with E-state index in [0.717, 1.165) is 37.3 Å². The summed E-state index contributed by atoms with van der Waals surface area (Å²) < 4.78 is 5.72. The first kappa shape index (κ1) is 18.2. The Morgan fingerprint density at radius 1 is 1.15 bits per heavy atom. The van der Waals surface area contributed by atoms with Crippen molar-refractivity contribution in [3.8, 4) is 5.75 Å². The number of hydrogen-bond acceptors (Lipinski definition) is 5. The quantitative estimate of drug-likeness (QED) is 0.881. The number of ether oxygens (including phenoxy) is 1. The molecule has 1 N–H and O–H groups in total. The van der Waals surface area contributed by atoms with Crippen LogP contribution in [-0.4, -0.2) is 40.5 Å². The van der Waals surface area contributed by atoms with Crippen molar-refractivity contribution in [3.63, 3.8) is 0 Å². The Labute approximate surface area is 154 Å². The number of anilines is 2. The molecule has 0 saturated carbocycles. The van der Waals surface area contributed by atoms with Gasteiger partial charge in [-0.2, -0.15) is 0 Å². The third-order valence-corrected chi connectivity index (χ3v) is 4.47. The molecule has 0 spiro atoms. The van der Waals surface area contributed by atoms with Gasteiger partial charge in [-0.05, 0) is 44.9 Å². The molecule has 1 aliphatic heterocycles. The maximum atomic E-state index is 12.8. The summed E-state index contributed by atoms with van der Waals surface area (Å²) >= 11 is 0. The number of nitrogens with one attached hydrogen (secondary N) is 1. The van der Waals surface area contributed by atoms with Gasteiger partial charge >= 0.3 is 0 Å². The van der Waals surface area contributed by atoms with Gasteiger partial charge in [0, 0.05) is 25.0 Å². The zero-order valence-electron chi connectivity index (χ0n) is 15.5. The van der Waals surface area contributed by atoms with E-state index in [4.69, 9.17) is 4.74 Å². The summed E-state index contributed by atoms with van der Waals surface area (Å²) in [6.07, 6.45) is 7.90. The molecule has 0 atom stereocenters. The zero-order chi connectivity index (χ0) is 18.4. The van der Waals surface area contributed by atoms with Gasteiger partial charge in [0.05, 0.1) is 24.1 Å². The van der Waals surface area contributed by atoms with Crippen LogP contribution in [0.3, 0.4) is 0 Å². The lowest BCUT2D eigenvalue weighted by atomic mass is 10.2. The Morgan fingerprint density at radius 2 is 1.92 bits per heavy atom. The SMILES string of the molecule is CCOc1cc(C(=O)N2CCCCCC2)cnc1Nc1ccc(C)nc1. The number of pyridine rings is 2. The fraction of sp³-hybridized carbons (Fsp3) is 0.450. The van der Waals surface area contributed by atoms with Gasteiger partial charge in [-0.15, -0.1) is 0 Å². The Bertz CT molecular complexity index is 738. The Morgan fingerprint density at radius 3 is 2.58 bits per heavy atom. The van der Waals surface area contributed by atoms with E-state index in [0.29, 0.717) is 23.7 Å².